The van der Waals surface area contributed by atoms with Crippen LogP contribution in [0.3, 0.4) is 0 Å². The molecule has 0 aliphatic carbocycles. The quantitative estimate of drug-likeness (QED) is 0.820. The van der Waals surface area contributed by atoms with Crippen LogP contribution < -0.4 is 11.1 Å². The molecular formula is C11H7BrClFN4S. The zero-order valence-electron chi connectivity index (χ0n) is 9.32. The van der Waals surface area contributed by atoms with E-state index >= 15 is 0 Å². The van der Waals surface area contributed by atoms with Gasteiger partial charge in [-0.15, -0.1) is 0 Å². The van der Waals surface area contributed by atoms with E-state index in [4.69, 9.17) is 29.6 Å². The van der Waals surface area contributed by atoms with Gasteiger partial charge in [0.2, 0.25) is 0 Å². The van der Waals surface area contributed by atoms with Gasteiger partial charge in [-0.3, -0.25) is 0 Å². The summed E-state index contributed by atoms with van der Waals surface area (Å²) >= 11 is 14.1. The lowest BCUT2D eigenvalue weighted by molar-refractivity contribution is 0.627. The standard InChI is InChI=1S/C11H7BrClFN4S/c12-6-3-5(14)4-7(13)8(6)18-11-9(10(15)19)16-1-2-17-11/h1-4H,(H2,15,19)(H,17,18). The molecule has 0 radical (unpaired) electrons. The molecule has 0 atom stereocenters. The molecule has 0 saturated carbocycles. The lowest BCUT2D eigenvalue weighted by Gasteiger charge is -2.12. The van der Waals surface area contributed by atoms with Crippen LogP contribution in [0.4, 0.5) is 15.9 Å². The molecule has 0 amide bonds. The van der Waals surface area contributed by atoms with E-state index in [1.807, 2.05) is 0 Å². The Morgan fingerprint density at radius 2 is 2.05 bits per heavy atom. The number of thiocarbonyl (C=S) groups is 1. The predicted octanol–water partition coefficient (Wildman–Crippen LogP) is 3.41. The molecule has 0 fully saturated rings. The number of nitrogens with one attached hydrogen (secondary N) is 1. The van der Waals surface area contributed by atoms with E-state index in [9.17, 15) is 4.39 Å². The van der Waals surface area contributed by atoms with Crippen LogP contribution in [0, 0.1) is 5.82 Å². The maximum absolute atomic E-state index is 13.1. The topological polar surface area (TPSA) is 63.8 Å². The molecule has 0 bridgehead atoms. The molecule has 0 spiro atoms. The van der Waals surface area contributed by atoms with Crippen LogP contribution in [0.15, 0.2) is 29.0 Å². The second kappa shape index (κ2) is 5.77. The largest absolute Gasteiger partial charge is 0.388 e. The fraction of sp³-hybridized carbons (Fsp3) is 0. The SMILES string of the molecule is NC(=S)c1nccnc1Nc1c(Cl)cc(F)cc1Br. The second-order valence-corrected chi connectivity index (χ2v) is 5.19. The van der Waals surface area contributed by atoms with Crippen molar-refractivity contribution in [3.8, 4) is 0 Å². The molecule has 0 saturated heterocycles. The Bertz CT molecular complexity index is 629. The third-order valence-corrected chi connectivity index (χ3v) is 3.30. The molecule has 2 rings (SSSR count). The summed E-state index contributed by atoms with van der Waals surface area (Å²) in [5.41, 5.74) is 6.35. The smallest absolute Gasteiger partial charge is 0.159 e. The van der Waals surface area contributed by atoms with Crippen LogP contribution in [0.2, 0.25) is 5.02 Å². The van der Waals surface area contributed by atoms with Crippen molar-refractivity contribution < 1.29 is 4.39 Å². The minimum absolute atomic E-state index is 0.102. The first-order valence-electron chi connectivity index (χ1n) is 5.01. The van der Waals surface area contributed by atoms with E-state index < -0.39 is 5.82 Å². The number of rotatable bonds is 3. The number of nitrogens with two attached hydrogens (primary N) is 1. The Kier molecular flexibility index (Phi) is 4.28. The molecular weight excluding hydrogens is 355 g/mol. The van der Waals surface area contributed by atoms with Gasteiger partial charge in [-0.2, -0.15) is 0 Å². The van der Waals surface area contributed by atoms with E-state index in [1.165, 1.54) is 24.5 Å². The third kappa shape index (κ3) is 3.17. The zero-order chi connectivity index (χ0) is 14.0. The normalized spacial score (nSPS) is 10.3. The van der Waals surface area contributed by atoms with Gasteiger partial charge in [0.15, 0.2) is 5.82 Å². The van der Waals surface area contributed by atoms with Crippen molar-refractivity contribution in [3.63, 3.8) is 0 Å². The van der Waals surface area contributed by atoms with Crippen LogP contribution in [0.1, 0.15) is 5.69 Å². The van der Waals surface area contributed by atoms with Crippen LogP contribution in [-0.4, -0.2) is 15.0 Å². The molecule has 19 heavy (non-hydrogen) atoms. The average Bonchev–Trinajstić information content (AvgIpc) is 2.34. The van der Waals surface area contributed by atoms with Gasteiger partial charge < -0.3 is 11.1 Å². The number of anilines is 2. The number of benzene rings is 1. The predicted molar refractivity (Wildman–Crippen MR) is 80.3 cm³/mol. The summed E-state index contributed by atoms with van der Waals surface area (Å²) in [6.07, 6.45) is 2.95. The summed E-state index contributed by atoms with van der Waals surface area (Å²) in [5, 5.41) is 3.13. The van der Waals surface area contributed by atoms with E-state index in [0.29, 0.717) is 21.7 Å². The van der Waals surface area contributed by atoms with Gasteiger partial charge in [0.05, 0.1) is 10.7 Å². The average molecular weight is 362 g/mol. The lowest BCUT2D eigenvalue weighted by Crippen LogP contribution is -2.15. The molecule has 4 nitrogen and oxygen atoms in total. The first-order valence-corrected chi connectivity index (χ1v) is 6.59. The first kappa shape index (κ1) is 14.1. The van der Waals surface area contributed by atoms with Gasteiger partial charge in [0.1, 0.15) is 16.5 Å². The second-order valence-electron chi connectivity index (χ2n) is 3.49. The summed E-state index contributed by atoms with van der Waals surface area (Å²) in [6, 6.07) is 2.47. The molecule has 2 aromatic rings. The van der Waals surface area contributed by atoms with Crippen LogP contribution in [0.5, 0.6) is 0 Å². The summed E-state index contributed by atoms with van der Waals surface area (Å²) < 4.78 is 13.6. The molecule has 1 heterocycles. The summed E-state index contributed by atoms with van der Waals surface area (Å²) in [6.45, 7) is 0. The third-order valence-electron chi connectivity index (χ3n) is 2.18. The monoisotopic (exact) mass is 360 g/mol. The minimum Gasteiger partial charge on any atom is -0.388 e. The van der Waals surface area contributed by atoms with Crippen molar-refractivity contribution in [1.82, 2.24) is 9.97 Å². The van der Waals surface area contributed by atoms with Gasteiger partial charge in [-0.05, 0) is 28.1 Å². The van der Waals surface area contributed by atoms with Gasteiger partial charge in [-0.25, -0.2) is 14.4 Å². The van der Waals surface area contributed by atoms with E-state index in [0.717, 1.165) is 0 Å². The van der Waals surface area contributed by atoms with Gasteiger partial charge in [0.25, 0.3) is 0 Å². The summed E-state index contributed by atoms with van der Waals surface area (Å²) in [4.78, 5) is 8.21. The maximum atomic E-state index is 13.1. The molecule has 0 aliphatic heterocycles. The first-order chi connectivity index (χ1) is 8.99. The Morgan fingerprint density at radius 3 is 2.68 bits per heavy atom. The molecule has 1 aromatic heterocycles. The van der Waals surface area contributed by atoms with Crippen molar-refractivity contribution >= 4 is 56.2 Å². The maximum Gasteiger partial charge on any atom is 0.159 e. The molecule has 98 valence electrons. The highest BCUT2D eigenvalue weighted by molar-refractivity contribution is 9.10. The lowest BCUT2D eigenvalue weighted by atomic mass is 10.3. The molecule has 8 heteroatoms. The highest BCUT2D eigenvalue weighted by Crippen LogP contribution is 2.34. The highest BCUT2D eigenvalue weighted by Gasteiger charge is 2.13. The summed E-state index contributed by atoms with van der Waals surface area (Å²) in [5.74, 6) is -0.0969. The molecule has 3 N–H and O–H groups in total. The minimum atomic E-state index is -0.448. The van der Waals surface area contributed by atoms with Crippen LogP contribution in [-0.2, 0) is 0 Å². The summed E-state index contributed by atoms with van der Waals surface area (Å²) in [7, 11) is 0. The number of halogens is 3. The van der Waals surface area contributed by atoms with Gasteiger partial charge >= 0.3 is 0 Å². The van der Waals surface area contributed by atoms with Crippen molar-refractivity contribution in [1.29, 1.82) is 0 Å². The van der Waals surface area contributed by atoms with E-state index in [1.54, 1.807) is 0 Å². The number of nitrogens with zero attached hydrogens (tertiary/aromatic N) is 2. The van der Waals surface area contributed by atoms with Crippen molar-refractivity contribution in [2.75, 3.05) is 5.32 Å². The fourth-order valence-electron chi connectivity index (χ4n) is 1.39. The zero-order valence-corrected chi connectivity index (χ0v) is 12.5. The highest BCUT2D eigenvalue weighted by atomic mass is 79.9. The molecule has 0 unspecified atom stereocenters. The number of hydrogen-bond acceptors (Lipinski definition) is 4. The Labute approximate surface area is 127 Å². The van der Waals surface area contributed by atoms with Crippen molar-refractivity contribution in [2.45, 2.75) is 0 Å². The van der Waals surface area contributed by atoms with Crippen molar-refractivity contribution in [2.24, 2.45) is 5.73 Å². The van der Waals surface area contributed by atoms with E-state index in [2.05, 4.69) is 31.2 Å². The fourth-order valence-corrected chi connectivity index (χ4v) is 2.44. The number of aromatic nitrogens is 2. The molecule has 1 aromatic carbocycles. The molecule has 0 aliphatic rings. The Hall–Kier alpha value is -1.31. The Balaban J connectivity index is 2.45. The number of hydrogen-bond donors (Lipinski definition) is 2. The van der Waals surface area contributed by atoms with Crippen LogP contribution >= 0.6 is 39.7 Å². The Morgan fingerprint density at radius 1 is 1.37 bits per heavy atom. The van der Waals surface area contributed by atoms with Gasteiger partial charge in [0, 0.05) is 16.9 Å². The van der Waals surface area contributed by atoms with Crippen molar-refractivity contribution in [3.05, 3.63) is 45.5 Å². The van der Waals surface area contributed by atoms with Gasteiger partial charge in [-0.1, -0.05) is 23.8 Å². The van der Waals surface area contributed by atoms with E-state index in [-0.39, 0.29) is 10.0 Å². The van der Waals surface area contributed by atoms with Crippen LogP contribution in [0.25, 0.3) is 0 Å².